The first-order valence-corrected chi connectivity index (χ1v) is 3.29. The zero-order valence-electron chi connectivity index (χ0n) is 6.95. The van der Waals surface area contributed by atoms with Gasteiger partial charge in [-0.1, -0.05) is 0 Å². The molecule has 0 atom stereocenters. The van der Waals surface area contributed by atoms with E-state index in [1.165, 1.54) is 0 Å². The van der Waals surface area contributed by atoms with E-state index in [9.17, 15) is 14.4 Å². The van der Waals surface area contributed by atoms with Gasteiger partial charge in [0.15, 0.2) is 0 Å². The molecule has 0 aromatic rings. The molecule has 0 saturated carbocycles. The fraction of sp³-hybridized carbons (Fsp3) is 0.500. The zero-order chi connectivity index (χ0) is 10.4. The first-order chi connectivity index (χ1) is 5.91. The molecule has 0 bridgehead atoms. The Balaban J connectivity index is 0. The van der Waals surface area contributed by atoms with Crippen molar-refractivity contribution < 1.29 is 67.9 Å². The van der Waals surface area contributed by atoms with Crippen molar-refractivity contribution in [1.29, 1.82) is 0 Å². The van der Waals surface area contributed by atoms with E-state index in [1.807, 2.05) is 0 Å². The monoisotopic (exact) mass is 355 g/mol. The Morgan fingerprint density at radius 1 is 0.786 bits per heavy atom. The van der Waals surface area contributed by atoms with Crippen LogP contribution in [-0.4, -0.2) is 57.8 Å². The minimum absolute atomic E-state index is 0. The number of carboxylic acid groups (broad SMARTS) is 3. The van der Waals surface area contributed by atoms with Crippen LogP contribution in [0.2, 0.25) is 0 Å². The van der Waals surface area contributed by atoms with Crippen LogP contribution in [0.3, 0.4) is 0 Å². The van der Waals surface area contributed by atoms with Gasteiger partial charge in [-0.25, -0.2) is 0 Å². The Bertz CT molecular complexity index is 192. The van der Waals surface area contributed by atoms with Gasteiger partial charge >= 0.3 is 17.9 Å². The van der Waals surface area contributed by atoms with Crippen LogP contribution in [0.25, 0.3) is 0 Å². The van der Waals surface area contributed by atoms with Crippen molar-refractivity contribution in [1.82, 2.24) is 4.90 Å². The molecule has 0 fully saturated rings. The minimum atomic E-state index is -1.26. The average molecular weight is 354 g/mol. The summed E-state index contributed by atoms with van der Waals surface area (Å²) in [4.78, 5) is 31.2. The second-order valence-electron chi connectivity index (χ2n) is 2.33. The molecular weight excluding hydrogens is 345 g/mol. The Labute approximate surface area is 110 Å². The molecule has 7 nitrogen and oxygen atoms in total. The van der Waals surface area contributed by atoms with Crippen LogP contribution in [0.1, 0.15) is 0 Å². The Kier molecular flexibility index (Phi) is 9.18. The quantitative estimate of drug-likeness (QED) is 0.534. The number of hydrogen-bond acceptors (Lipinski definition) is 4. The average Bonchev–Trinajstić information content (AvgIpc) is 1.80. The van der Waals surface area contributed by atoms with E-state index in [1.54, 1.807) is 0 Å². The second-order valence-corrected chi connectivity index (χ2v) is 2.33. The third-order valence-corrected chi connectivity index (χ3v) is 1.08. The number of rotatable bonds is 6. The molecule has 8 heteroatoms. The van der Waals surface area contributed by atoms with Crippen molar-refractivity contribution in [2.24, 2.45) is 0 Å². The summed E-state index contributed by atoms with van der Waals surface area (Å²) in [6.07, 6.45) is 0. The summed E-state index contributed by atoms with van der Waals surface area (Å²) in [6, 6.07) is 0. The summed E-state index contributed by atoms with van der Waals surface area (Å²) in [6.45, 7) is -1.80. The van der Waals surface area contributed by atoms with Crippen LogP contribution in [0.15, 0.2) is 0 Å². The number of carboxylic acids is 3. The van der Waals surface area contributed by atoms with Gasteiger partial charge in [0.25, 0.3) is 0 Å². The van der Waals surface area contributed by atoms with Crippen LogP contribution in [0.4, 0.5) is 0 Å². The van der Waals surface area contributed by atoms with Crippen molar-refractivity contribution in [3.8, 4) is 0 Å². The summed E-state index contributed by atoms with van der Waals surface area (Å²) in [5.41, 5.74) is 0. The fourth-order valence-electron chi connectivity index (χ4n) is 0.742. The molecule has 0 aromatic heterocycles. The molecule has 0 aliphatic carbocycles. The molecule has 0 spiro atoms. The van der Waals surface area contributed by atoms with E-state index < -0.39 is 37.5 Å². The predicted octanol–water partition coefficient (Wildman–Crippen LogP) is -1.46. The van der Waals surface area contributed by atoms with Gasteiger partial charge in [-0.2, -0.15) is 0 Å². The Morgan fingerprint density at radius 2 is 1.00 bits per heavy atom. The van der Waals surface area contributed by atoms with E-state index in [2.05, 4.69) is 0 Å². The third-order valence-electron chi connectivity index (χ3n) is 1.08. The summed E-state index contributed by atoms with van der Waals surface area (Å²) in [5.74, 6) is -3.78. The van der Waals surface area contributed by atoms with Crippen LogP contribution in [0, 0.1) is 38.2 Å². The molecule has 0 aliphatic heterocycles. The predicted molar refractivity (Wildman–Crippen MR) is 39.3 cm³/mol. The van der Waals surface area contributed by atoms with E-state index in [0.29, 0.717) is 0 Å². The second kappa shape index (κ2) is 7.99. The van der Waals surface area contributed by atoms with Gasteiger partial charge in [-0.15, -0.1) is 0 Å². The number of nitrogens with zero attached hydrogens (tertiary/aromatic N) is 1. The van der Waals surface area contributed by atoms with Gasteiger partial charge < -0.3 is 15.3 Å². The van der Waals surface area contributed by atoms with Crippen LogP contribution < -0.4 is 0 Å². The summed E-state index contributed by atoms with van der Waals surface area (Å²) >= 11 is 0. The zero-order valence-corrected chi connectivity index (χ0v) is 8.98. The van der Waals surface area contributed by atoms with E-state index in [-0.39, 0.29) is 38.2 Å². The maximum Gasteiger partial charge on any atom is 0.317 e. The molecule has 0 aliphatic rings. The minimum Gasteiger partial charge on any atom is -0.480 e. The number of carbonyl (C=O) groups is 3. The summed E-state index contributed by atoms with van der Waals surface area (Å²) in [5, 5.41) is 24.8. The largest absolute Gasteiger partial charge is 0.480 e. The first kappa shape index (κ1) is 16.1. The molecule has 84 valence electrons. The normalized spacial score (nSPS) is 9.21. The van der Waals surface area contributed by atoms with Crippen LogP contribution in [-0.2, 0) is 14.4 Å². The van der Waals surface area contributed by atoms with Crippen LogP contribution in [0.5, 0.6) is 0 Å². The van der Waals surface area contributed by atoms with E-state index >= 15 is 0 Å². The first-order valence-electron chi connectivity index (χ1n) is 3.29. The standard InChI is InChI=1S/C6H9NO6.Dy/c8-4(9)1-7(2-5(10)11)3-6(12)13;/h1-3H2,(H,8,9)(H,10,11)(H,12,13);. The van der Waals surface area contributed by atoms with Gasteiger partial charge in [0.05, 0.1) is 19.6 Å². The topological polar surface area (TPSA) is 115 Å². The van der Waals surface area contributed by atoms with E-state index in [4.69, 9.17) is 15.3 Å². The molecule has 3 N–H and O–H groups in total. The van der Waals surface area contributed by atoms with Gasteiger partial charge in [0.2, 0.25) is 0 Å². The molecule has 0 saturated heterocycles. The summed E-state index contributed by atoms with van der Waals surface area (Å²) < 4.78 is 0. The molecule has 0 amide bonds. The Hall–Kier alpha value is -0.357. The third kappa shape index (κ3) is 9.73. The van der Waals surface area contributed by atoms with Gasteiger partial charge in [-0.05, 0) is 0 Å². The van der Waals surface area contributed by atoms with Crippen molar-refractivity contribution in [3.05, 3.63) is 0 Å². The van der Waals surface area contributed by atoms with Gasteiger partial charge in [0.1, 0.15) is 0 Å². The molecule has 0 rings (SSSR count). The smallest absolute Gasteiger partial charge is 0.317 e. The molecule has 14 heavy (non-hydrogen) atoms. The van der Waals surface area contributed by atoms with Crippen molar-refractivity contribution in [2.75, 3.05) is 19.6 Å². The number of aliphatic carboxylic acids is 3. The molecular formula is C6H9DyNO6. The number of hydrogen-bond donors (Lipinski definition) is 3. The van der Waals surface area contributed by atoms with Gasteiger partial charge in [0, 0.05) is 38.2 Å². The molecule has 0 unspecified atom stereocenters. The van der Waals surface area contributed by atoms with Gasteiger partial charge in [-0.3, -0.25) is 19.3 Å². The maximum absolute atomic E-state index is 10.1. The van der Waals surface area contributed by atoms with Crippen molar-refractivity contribution in [2.45, 2.75) is 0 Å². The van der Waals surface area contributed by atoms with Crippen LogP contribution >= 0.6 is 0 Å². The fourth-order valence-corrected chi connectivity index (χ4v) is 0.742. The van der Waals surface area contributed by atoms with E-state index in [0.717, 1.165) is 4.90 Å². The Morgan fingerprint density at radius 3 is 1.14 bits per heavy atom. The summed E-state index contributed by atoms with van der Waals surface area (Å²) in [7, 11) is 0. The molecule has 0 aromatic carbocycles. The maximum atomic E-state index is 10.1. The molecule has 0 heterocycles. The SMILES string of the molecule is O=C(O)CN(CC(=O)O)CC(=O)O.[Dy]. The van der Waals surface area contributed by atoms with Crippen molar-refractivity contribution >= 4 is 17.9 Å². The van der Waals surface area contributed by atoms with Crippen molar-refractivity contribution in [3.63, 3.8) is 0 Å². The molecule has 0 radical (unpaired) electrons.